The van der Waals surface area contributed by atoms with Crippen LogP contribution in [0.15, 0.2) is 41.5 Å². The number of aromatic nitrogens is 3. The van der Waals surface area contributed by atoms with Crippen LogP contribution in [0, 0.1) is 0 Å². The Morgan fingerprint density at radius 1 is 1.30 bits per heavy atom. The average molecular weight is 431 g/mol. The summed E-state index contributed by atoms with van der Waals surface area (Å²) < 4.78 is 12.9. The van der Waals surface area contributed by atoms with Crippen molar-refractivity contribution in [2.24, 2.45) is 0 Å². The minimum absolute atomic E-state index is 0.246. The van der Waals surface area contributed by atoms with Crippen molar-refractivity contribution in [1.82, 2.24) is 19.4 Å². The van der Waals surface area contributed by atoms with E-state index >= 15 is 0 Å². The molecule has 4 rings (SSSR count). The van der Waals surface area contributed by atoms with Crippen molar-refractivity contribution in [3.05, 3.63) is 57.7 Å². The number of fused-ring (bicyclic) bond motifs is 1. The molecule has 0 unspecified atom stereocenters. The van der Waals surface area contributed by atoms with Gasteiger partial charge in [0.2, 0.25) is 0 Å². The van der Waals surface area contributed by atoms with Gasteiger partial charge in [-0.1, -0.05) is 23.7 Å². The number of aromatic amines is 1. The fraction of sp³-hybridized carbons (Fsp3) is 0.381. The molecular formula is C21H23ClN4O4. The highest BCUT2D eigenvalue weighted by Gasteiger charge is 2.32. The number of amides is 1. The first kappa shape index (κ1) is 20.4. The number of nitrogens with one attached hydrogen (secondary N) is 1. The SMILES string of the molecule is CC(C)(C)OC(=O)N1CCOC[C@H]1c1ccc(-n2c(Cl)cc3c(=O)[nH]cnc32)cc1. The summed E-state index contributed by atoms with van der Waals surface area (Å²) in [5, 5.41) is 0.807. The van der Waals surface area contributed by atoms with Crippen LogP contribution in [-0.2, 0) is 9.47 Å². The second kappa shape index (κ2) is 7.77. The van der Waals surface area contributed by atoms with Crippen molar-refractivity contribution >= 4 is 28.7 Å². The van der Waals surface area contributed by atoms with Crippen molar-refractivity contribution in [2.75, 3.05) is 19.8 Å². The zero-order valence-electron chi connectivity index (χ0n) is 17.0. The third kappa shape index (κ3) is 3.93. The van der Waals surface area contributed by atoms with E-state index in [-0.39, 0.29) is 17.7 Å². The van der Waals surface area contributed by atoms with E-state index in [4.69, 9.17) is 21.1 Å². The van der Waals surface area contributed by atoms with Gasteiger partial charge in [0.25, 0.3) is 5.56 Å². The smallest absolute Gasteiger partial charge is 0.410 e. The summed E-state index contributed by atoms with van der Waals surface area (Å²) in [6, 6.07) is 8.94. The molecule has 0 bridgehead atoms. The average Bonchev–Trinajstić information content (AvgIpc) is 3.04. The molecule has 0 radical (unpaired) electrons. The van der Waals surface area contributed by atoms with E-state index in [1.165, 1.54) is 6.33 Å². The molecule has 1 saturated heterocycles. The molecule has 2 aromatic heterocycles. The number of ether oxygens (including phenoxy) is 2. The number of carbonyl (C=O) groups is 1. The summed E-state index contributed by atoms with van der Waals surface area (Å²) in [6.45, 7) is 6.86. The summed E-state index contributed by atoms with van der Waals surface area (Å²) in [5.74, 6) is 0. The number of H-pyrrole nitrogens is 1. The molecule has 30 heavy (non-hydrogen) atoms. The number of halogens is 1. The summed E-state index contributed by atoms with van der Waals surface area (Å²) in [7, 11) is 0. The Hall–Kier alpha value is -2.84. The fourth-order valence-electron chi connectivity index (χ4n) is 3.50. The normalized spacial score (nSPS) is 17.3. The zero-order chi connectivity index (χ0) is 21.5. The lowest BCUT2D eigenvalue weighted by molar-refractivity contribution is -0.0331. The Labute approximate surface area is 178 Å². The lowest BCUT2D eigenvalue weighted by Crippen LogP contribution is -2.45. The maximum atomic E-state index is 12.7. The lowest BCUT2D eigenvalue weighted by atomic mass is 10.0. The largest absolute Gasteiger partial charge is 0.444 e. The van der Waals surface area contributed by atoms with Gasteiger partial charge < -0.3 is 14.5 Å². The van der Waals surface area contributed by atoms with E-state index in [0.717, 1.165) is 11.3 Å². The topological polar surface area (TPSA) is 89.5 Å². The molecule has 0 spiro atoms. The number of benzene rings is 1. The molecule has 9 heteroatoms. The summed E-state index contributed by atoms with van der Waals surface area (Å²) in [5.41, 5.74) is 1.35. The predicted molar refractivity (Wildman–Crippen MR) is 113 cm³/mol. The van der Waals surface area contributed by atoms with Gasteiger partial charge in [0, 0.05) is 12.2 Å². The van der Waals surface area contributed by atoms with Crippen LogP contribution < -0.4 is 5.56 Å². The van der Waals surface area contributed by atoms with Crippen molar-refractivity contribution in [2.45, 2.75) is 32.4 Å². The predicted octanol–water partition coefficient (Wildman–Crippen LogP) is 3.68. The van der Waals surface area contributed by atoms with Gasteiger partial charge in [0.05, 0.1) is 31.0 Å². The molecule has 1 N–H and O–H groups in total. The van der Waals surface area contributed by atoms with E-state index in [2.05, 4.69) is 9.97 Å². The van der Waals surface area contributed by atoms with Gasteiger partial charge >= 0.3 is 6.09 Å². The van der Waals surface area contributed by atoms with Gasteiger partial charge in [-0.05, 0) is 44.5 Å². The van der Waals surface area contributed by atoms with E-state index in [1.54, 1.807) is 15.5 Å². The first-order chi connectivity index (χ1) is 14.2. The monoisotopic (exact) mass is 430 g/mol. The number of nitrogens with zero attached hydrogens (tertiary/aromatic N) is 3. The summed E-state index contributed by atoms with van der Waals surface area (Å²) >= 11 is 6.37. The Bertz CT molecular complexity index is 1130. The number of carbonyl (C=O) groups excluding carboxylic acids is 1. The standard InChI is InChI=1S/C21H23ClN4O4/c1-21(2,3)30-20(28)25-8-9-29-11-16(25)13-4-6-14(7-5-13)26-17(22)10-15-18(26)23-12-24-19(15)27/h4-7,10,12,16H,8-9,11H2,1-3H3,(H,23,24,27)/t16-/m0/s1. The highest BCUT2D eigenvalue weighted by Crippen LogP contribution is 2.29. The number of hydrogen-bond acceptors (Lipinski definition) is 5. The molecule has 3 heterocycles. The molecule has 1 fully saturated rings. The van der Waals surface area contributed by atoms with Crippen LogP contribution in [0.25, 0.3) is 16.7 Å². The molecule has 1 aliphatic heterocycles. The van der Waals surface area contributed by atoms with Crippen LogP contribution in [-0.4, -0.2) is 50.9 Å². The van der Waals surface area contributed by atoms with Crippen LogP contribution in [0.1, 0.15) is 32.4 Å². The number of rotatable bonds is 2. The van der Waals surface area contributed by atoms with Gasteiger partial charge in [-0.3, -0.25) is 14.3 Å². The van der Waals surface area contributed by atoms with Gasteiger partial charge in [0.1, 0.15) is 10.8 Å². The molecule has 1 amide bonds. The van der Waals surface area contributed by atoms with Crippen LogP contribution in [0.5, 0.6) is 0 Å². The Morgan fingerprint density at radius 3 is 2.73 bits per heavy atom. The molecule has 1 atom stereocenters. The van der Waals surface area contributed by atoms with E-state index in [1.807, 2.05) is 45.0 Å². The fourth-order valence-corrected chi connectivity index (χ4v) is 3.79. The first-order valence-corrected chi connectivity index (χ1v) is 10.0. The minimum Gasteiger partial charge on any atom is -0.444 e. The summed E-state index contributed by atoms with van der Waals surface area (Å²) in [6.07, 6.45) is 0.993. The molecule has 1 aliphatic rings. The van der Waals surface area contributed by atoms with Gasteiger partial charge in [0.15, 0.2) is 5.65 Å². The van der Waals surface area contributed by atoms with Crippen molar-refractivity contribution in [3.63, 3.8) is 0 Å². The highest BCUT2D eigenvalue weighted by atomic mass is 35.5. The molecule has 158 valence electrons. The molecule has 3 aromatic rings. The Morgan fingerprint density at radius 2 is 2.03 bits per heavy atom. The third-order valence-electron chi connectivity index (χ3n) is 4.85. The Kier molecular flexibility index (Phi) is 5.29. The maximum Gasteiger partial charge on any atom is 0.410 e. The number of hydrogen-bond donors (Lipinski definition) is 1. The van der Waals surface area contributed by atoms with E-state index < -0.39 is 5.60 Å². The van der Waals surface area contributed by atoms with Crippen LogP contribution in [0.4, 0.5) is 4.79 Å². The first-order valence-electron chi connectivity index (χ1n) is 9.67. The molecule has 0 saturated carbocycles. The third-order valence-corrected chi connectivity index (χ3v) is 5.13. The van der Waals surface area contributed by atoms with Crippen molar-refractivity contribution < 1.29 is 14.3 Å². The quantitative estimate of drug-likeness (QED) is 0.669. The van der Waals surface area contributed by atoms with Crippen LogP contribution >= 0.6 is 11.6 Å². The summed E-state index contributed by atoms with van der Waals surface area (Å²) in [4.78, 5) is 33.2. The number of morpholine rings is 1. The molecule has 8 nitrogen and oxygen atoms in total. The minimum atomic E-state index is -0.569. The van der Waals surface area contributed by atoms with Gasteiger partial charge in [-0.15, -0.1) is 0 Å². The van der Waals surface area contributed by atoms with E-state index in [9.17, 15) is 9.59 Å². The highest BCUT2D eigenvalue weighted by molar-refractivity contribution is 6.31. The van der Waals surface area contributed by atoms with Crippen molar-refractivity contribution in [3.8, 4) is 5.69 Å². The molecule has 0 aliphatic carbocycles. The second-order valence-electron chi connectivity index (χ2n) is 8.13. The second-order valence-corrected chi connectivity index (χ2v) is 8.51. The molecular weight excluding hydrogens is 408 g/mol. The van der Waals surface area contributed by atoms with Gasteiger partial charge in [-0.2, -0.15) is 0 Å². The van der Waals surface area contributed by atoms with Gasteiger partial charge in [-0.25, -0.2) is 9.78 Å². The zero-order valence-corrected chi connectivity index (χ0v) is 17.8. The van der Waals surface area contributed by atoms with Crippen molar-refractivity contribution in [1.29, 1.82) is 0 Å². The lowest BCUT2D eigenvalue weighted by Gasteiger charge is -2.36. The Balaban J connectivity index is 1.65. The van der Waals surface area contributed by atoms with E-state index in [0.29, 0.717) is 35.9 Å². The maximum absolute atomic E-state index is 12.7. The molecule has 1 aromatic carbocycles. The van der Waals surface area contributed by atoms with Crippen LogP contribution in [0.3, 0.4) is 0 Å². The van der Waals surface area contributed by atoms with Crippen LogP contribution in [0.2, 0.25) is 5.15 Å².